The highest BCUT2D eigenvalue weighted by atomic mass is 15.2. The van der Waals surface area contributed by atoms with Crippen molar-refractivity contribution in [2.45, 2.75) is 209 Å². The second kappa shape index (κ2) is 21.4. The van der Waals surface area contributed by atoms with Gasteiger partial charge in [-0.25, -0.2) is 9.97 Å². The van der Waals surface area contributed by atoms with Gasteiger partial charge in [0.2, 0.25) is 0 Å². The van der Waals surface area contributed by atoms with Gasteiger partial charge in [-0.3, -0.25) is 0 Å². The molecule has 0 saturated heterocycles. The lowest BCUT2D eigenvalue weighted by atomic mass is 9.33. The summed E-state index contributed by atoms with van der Waals surface area (Å²) in [5.41, 5.74) is 25.1. The molecule has 5 heteroatoms. The average Bonchev–Trinajstić information content (AvgIpc) is 0.691. The third-order valence-electron chi connectivity index (χ3n) is 19.5. The summed E-state index contributed by atoms with van der Waals surface area (Å²) < 4.78 is 0. The molecule has 10 aromatic rings. The number of hydrogen-bond donors (Lipinski definition) is 0. The number of fused-ring (bicyclic) bond motifs is 6. The van der Waals surface area contributed by atoms with Crippen LogP contribution in [0.15, 0.2) is 164 Å². The quantitative estimate of drug-likeness (QED) is 0.161. The lowest BCUT2D eigenvalue weighted by Crippen LogP contribution is -2.61. The van der Waals surface area contributed by atoms with Crippen LogP contribution >= 0.6 is 0 Å². The molecule has 0 saturated carbocycles. The minimum atomic E-state index is -0.138. The highest BCUT2D eigenvalue weighted by molar-refractivity contribution is 7.00. The van der Waals surface area contributed by atoms with Gasteiger partial charge in [-0.15, -0.1) is 0 Å². The Kier molecular flexibility index (Phi) is 14.9. The lowest BCUT2D eigenvalue weighted by Gasteiger charge is -2.45. The fourth-order valence-corrected chi connectivity index (χ4v) is 13.4. The van der Waals surface area contributed by atoms with Crippen LogP contribution in [-0.4, -0.2) is 16.7 Å². The minimum absolute atomic E-state index is 0.112. The second-order valence-corrected chi connectivity index (χ2v) is 35.1. The zero-order chi connectivity index (χ0) is 65.8. The van der Waals surface area contributed by atoms with Gasteiger partial charge >= 0.3 is 0 Å². The summed E-state index contributed by atoms with van der Waals surface area (Å²) in [6, 6.07) is 64.4. The predicted molar refractivity (Wildman–Crippen MR) is 397 cm³/mol. The van der Waals surface area contributed by atoms with Crippen LogP contribution in [0.1, 0.15) is 211 Å². The SMILES string of the molecule is CC(C)(C)c1cc(-c2cc(-c3cc(C(C)(C)C)cc(C(C)(C)C)c3)nc(-c3cc4c5c(c3)N(c3cc(C(C)(C)C)cc(C(C)(C)C)c3)c3cc6ccccc6cc3B5c3cc5ccccc5cc3N4c3cc(C(C)(C)C)cc(C(C)(C)C)c3)n2)cc(C(C)(C)C)c1. The maximum absolute atomic E-state index is 5.95. The molecule has 2 aliphatic rings. The zero-order valence-corrected chi connectivity index (χ0v) is 59.5. The fraction of sp³-hybridized carbons (Fsp3) is 0.372. The summed E-state index contributed by atoms with van der Waals surface area (Å²) in [4.78, 5) is 17.2. The Labute approximate surface area is 547 Å². The van der Waals surface area contributed by atoms with E-state index in [0.29, 0.717) is 5.82 Å². The molecule has 1 aromatic heterocycles. The van der Waals surface area contributed by atoms with Crippen molar-refractivity contribution in [2.75, 3.05) is 9.80 Å². The van der Waals surface area contributed by atoms with E-state index in [0.717, 1.165) is 50.8 Å². The Morgan fingerprint density at radius 1 is 0.264 bits per heavy atom. The third kappa shape index (κ3) is 12.0. The summed E-state index contributed by atoms with van der Waals surface area (Å²) in [5, 5.41) is 4.87. The largest absolute Gasteiger partial charge is 0.311 e. The van der Waals surface area contributed by atoms with E-state index in [4.69, 9.17) is 9.97 Å². The summed E-state index contributed by atoms with van der Waals surface area (Å²) in [6.45, 7) is 56.1. The Morgan fingerprint density at radius 3 is 0.802 bits per heavy atom. The van der Waals surface area contributed by atoms with Gasteiger partial charge in [0.05, 0.1) is 11.4 Å². The zero-order valence-electron chi connectivity index (χ0n) is 59.5. The van der Waals surface area contributed by atoms with Crippen LogP contribution < -0.4 is 26.2 Å². The first-order valence-corrected chi connectivity index (χ1v) is 33.5. The molecule has 3 heterocycles. The van der Waals surface area contributed by atoms with Crippen molar-refractivity contribution >= 4 is 78.8 Å². The van der Waals surface area contributed by atoms with Gasteiger partial charge in [-0.2, -0.15) is 0 Å². The smallest absolute Gasteiger partial charge is 0.252 e. The third-order valence-corrected chi connectivity index (χ3v) is 19.5. The van der Waals surface area contributed by atoms with Crippen LogP contribution in [0.4, 0.5) is 34.1 Å². The van der Waals surface area contributed by atoms with E-state index in [2.05, 4.69) is 340 Å². The number of hydrogen-bond acceptors (Lipinski definition) is 4. The van der Waals surface area contributed by atoms with Crippen LogP contribution in [0.3, 0.4) is 0 Å². The molecule has 0 spiro atoms. The van der Waals surface area contributed by atoms with Gasteiger partial charge in [0, 0.05) is 50.8 Å². The standard InChI is InChI=1S/C86H99BN4/c1-79(2,3)59-33-56(34-60(43-59)80(4,5)6)71-51-72(57-35-61(81(7,8)9)44-62(36-57)82(10,11)12)89-78(88-71)58-41-75-77-76(42-58)91(68-49-65(85(19,20)21)46-66(50-68)86(22,23)24)74-40-55-32-28-26-30-53(55)38-70(74)87(77)69-37-52-29-25-27-31-54(52)39-73(69)90(75)67-47-63(83(13,14)15)45-64(48-67)84(16,17)18/h25-51H,1-24H3. The minimum Gasteiger partial charge on any atom is -0.311 e. The van der Waals surface area contributed by atoms with Gasteiger partial charge in [0.1, 0.15) is 0 Å². The molecule has 12 rings (SSSR count). The van der Waals surface area contributed by atoms with Gasteiger partial charge in [0.25, 0.3) is 6.71 Å². The van der Waals surface area contributed by atoms with Gasteiger partial charge in [0.15, 0.2) is 5.82 Å². The molecular formula is C86H99BN4. The molecular weight excluding hydrogens is 1100 g/mol. The molecule has 0 fully saturated rings. The lowest BCUT2D eigenvalue weighted by molar-refractivity contribution is 0.568. The van der Waals surface area contributed by atoms with E-state index < -0.39 is 0 Å². The summed E-state index contributed by atoms with van der Waals surface area (Å²) >= 11 is 0. The molecule has 0 bridgehead atoms. The van der Waals surface area contributed by atoms with Crippen molar-refractivity contribution in [1.82, 2.24) is 9.97 Å². The van der Waals surface area contributed by atoms with Crippen molar-refractivity contribution in [1.29, 1.82) is 0 Å². The molecule has 0 N–H and O–H groups in total. The molecule has 91 heavy (non-hydrogen) atoms. The highest BCUT2D eigenvalue weighted by Gasteiger charge is 2.45. The first-order chi connectivity index (χ1) is 42.1. The number of aromatic nitrogens is 2. The van der Waals surface area contributed by atoms with Crippen LogP contribution in [0.5, 0.6) is 0 Å². The number of benzene rings is 9. The molecule has 0 radical (unpaired) electrons. The maximum atomic E-state index is 5.95. The van der Waals surface area contributed by atoms with Crippen molar-refractivity contribution in [3.8, 4) is 33.9 Å². The van der Waals surface area contributed by atoms with Gasteiger partial charge < -0.3 is 9.80 Å². The molecule has 466 valence electrons. The molecule has 2 aliphatic heterocycles. The number of anilines is 6. The summed E-state index contributed by atoms with van der Waals surface area (Å²) in [7, 11) is 0. The van der Waals surface area contributed by atoms with E-state index in [1.807, 2.05) is 0 Å². The Balaban J connectivity index is 1.29. The van der Waals surface area contributed by atoms with Crippen LogP contribution in [-0.2, 0) is 43.3 Å². The van der Waals surface area contributed by atoms with E-state index in [9.17, 15) is 0 Å². The second-order valence-electron chi connectivity index (χ2n) is 35.1. The topological polar surface area (TPSA) is 32.3 Å². The fourth-order valence-electron chi connectivity index (χ4n) is 13.4. The average molecular weight is 1200 g/mol. The van der Waals surface area contributed by atoms with E-state index in [1.54, 1.807) is 0 Å². The van der Waals surface area contributed by atoms with Crippen LogP contribution in [0.25, 0.3) is 55.4 Å². The summed E-state index contributed by atoms with van der Waals surface area (Å²) in [5.74, 6) is 0.686. The molecule has 0 atom stereocenters. The van der Waals surface area contributed by atoms with Crippen molar-refractivity contribution < 1.29 is 0 Å². The van der Waals surface area contributed by atoms with E-state index in [1.165, 1.54) is 93.8 Å². The monoisotopic (exact) mass is 1200 g/mol. The molecule has 4 nitrogen and oxygen atoms in total. The molecule has 0 amide bonds. The number of rotatable bonds is 5. The van der Waals surface area contributed by atoms with Crippen molar-refractivity contribution in [3.05, 3.63) is 208 Å². The van der Waals surface area contributed by atoms with Crippen molar-refractivity contribution in [3.63, 3.8) is 0 Å². The van der Waals surface area contributed by atoms with Crippen LogP contribution in [0.2, 0.25) is 0 Å². The molecule has 0 aliphatic carbocycles. The number of nitrogens with zero attached hydrogens (tertiary/aromatic N) is 4. The first kappa shape index (κ1) is 63.4. The molecule has 9 aromatic carbocycles. The molecule has 0 unspecified atom stereocenters. The normalized spacial score (nSPS) is 14.1. The Hall–Kier alpha value is -7.76. The van der Waals surface area contributed by atoms with E-state index >= 15 is 0 Å². The maximum Gasteiger partial charge on any atom is 0.252 e. The Bertz CT molecular complexity index is 4140. The van der Waals surface area contributed by atoms with Crippen LogP contribution in [0, 0.1) is 0 Å². The Morgan fingerprint density at radius 2 is 0.527 bits per heavy atom. The predicted octanol–water partition coefficient (Wildman–Crippen LogP) is 22.2. The van der Waals surface area contributed by atoms with Gasteiger partial charge in [-0.1, -0.05) is 251 Å². The van der Waals surface area contributed by atoms with E-state index in [-0.39, 0.29) is 50.0 Å². The highest BCUT2D eigenvalue weighted by Crippen LogP contribution is 2.50. The van der Waals surface area contributed by atoms with Gasteiger partial charge in [-0.05, 0) is 205 Å². The first-order valence-electron chi connectivity index (χ1n) is 33.5. The van der Waals surface area contributed by atoms with Crippen molar-refractivity contribution in [2.24, 2.45) is 0 Å². The summed E-state index contributed by atoms with van der Waals surface area (Å²) in [6.07, 6.45) is 0.